The van der Waals surface area contributed by atoms with E-state index in [0.29, 0.717) is 24.4 Å². The van der Waals surface area contributed by atoms with E-state index in [1.54, 1.807) is 18.3 Å². The number of aromatic nitrogens is 1. The van der Waals surface area contributed by atoms with E-state index >= 15 is 0 Å². The number of ether oxygens (including phenoxy) is 1. The Morgan fingerprint density at radius 3 is 2.52 bits per heavy atom. The zero-order valence-corrected chi connectivity index (χ0v) is 12.9. The summed E-state index contributed by atoms with van der Waals surface area (Å²) in [5.74, 6) is 0.195. The minimum Gasteiger partial charge on any atom is -0.484 e. The summed E-state index contributed by atoms with van der Waals surface area (Å²) in [6, 6.07) is 10.8. The van der Waals surface area contributed by atoms with Gasteiger partial charge in [-0.3, -0.25) is 14.6 Å². The fourth-order valence-corrected chi connectivity index (χ4v) is 1.81. The van der Waals surface area contributed by atoms with Gasteiger partial charge in [0.05, 0.1) is 5.56 Å². The Labute approximate surface area is 134 Å². The molecular formula is C17H19N3O3. The lowest BCUT2D eigenvalue weighted by Crippen LogP contribution is -2.36. The lowest BCUT2D eigenvalue weighted by Gasteiger charge is -2.08. The smallest absolute Gasteiger partial charge is 0.258 e. The van der Waals surface area contributed by atoms with Crippen molar-refractivity contribution in [1.29, 1.82) is 0 Å². The second-order valence-electron chi connectivity index (χ2n) is 4.95. The van der Waals surface area contributed by atoms with E-state index in [0.717, 1.165) is 5.56 Å². The molecule has 0 aliphatic rings. The van der Waals surface area contributed by atoms with Crippen LogP contribution in [0, 0.1) is 6.92 Å². The van der Waals surface area contributed by atoms with E-state index in [2.05, 4.69) is 15.6 Å². The van der Waals surface area contributed by atoms with Crippen LogP contribution in [0.3, 0.4) is 0 Å². The lowest BCUT2D eigenvalue weighted by molar-refractivity contribution is -0.123. The first-order valence-electron chi connectivity index (χ1n) is 7.29. The molecule has 2 N–H and O–H groups in total. The molecule has 0 fully saturated rings. The number of aryl methyl sites for hydroxylation is 1. The van der Waals surface area contributed by atoms with Crippen molar-refractivity contribution in [2.45, 2.75) is 6.92 Å². The number of amides is 2. The van der Waals surface area contributed by atoms with E-state index in [4.69, 9.17) is 4.74 Å². The molecular weight excluding hydrogens is 294 g/mol. The molecule has 120 valence electrons. The van der Waals surface area contributed by atoms with Gasteiger partial charge in [-0.15, -0.1) is 0 Å². The van der Waals surface area contributed by atoms with Crippen LogP contribution in [0.25, 0.3) is 0 Å². The van der Waals surface area contributed by atoms with Crippen molar-refractivity contribution in [2.75, 3.05) is 19.7 Å². The maximum absolute atomic E-state index is 11.7. The predicted octanol–water partition coefficient (Wildman–Crippen LogP) is 1.32. The second kappa shape index (κ2) is 8.53. The highest BCUT2D eigenvalue weighted by molar-refractivity contribution is 5.93. The molecule has 2 aromatic rings. The topological polar surface area (TPSA) is 80.3 Å². The number of carbonyl (C=O) groups is 2. The summed E-state index contributed by atoms with van der Waals surface area (Å²) < 4.78 is 5.36. The molecule has 0 saturated carbocycles. The van der Waals surface area contributed by atoms with E-state index in [1.807, 2.05) is 31.2 Å². The van der Waals surface area contributed by atoms with Gasteiger partial charge in [-0.05, 0) is 31.2 Å². The maximum atomic E-state index is 11.7. The molecule has 0 bridgehead atoms. The van der Waals surface area contributed by atoms with Gasteiger partial charge >= 0.3 is 0 Å². The predicted molar refractivity (Wildman–Crippen MR) is 86.3 cm³/mol. The number of carbonyl (C=O) groups excluding carboxylic acids is 2. The van der Waals surface area contributed by atoms with Crippen LogP contribution >= 0.6 is 0 Å². The number of benzene rings is 1. The first-order valence-corrected chi connectivity index (χ1v) is 7.29. The third-order valence-corrected chi connectivity index (χ3v) is 3.05. The molecule has 2 amide bonds. The monoisotopic (exact) mass is 313 g/mol. The van der Waals surface area contributed by atoms with Crippen LogP contribution in [-0.4, -0.2) is 36.5 Å². The standard InChI is InChI=1S/C17H19N3O3/c1-13-4-6-15(7-5-13)23-12-16(21)19-9-10-20-17(22)14-3-2-8-18-11-14/h2-8,11H,9-10,12H2,1H3,(H,19,21)(H,20,22). The normalized spacial score (nSPS) is 9.96. The second-order valence-corrected chi connectivity index (χ2v) is 4.95. The van der Waals surface area contributed by atoms with Crippen LogP contribution in [-0.2, 0) is 4.79 Å². The Balaban J connectivity index is 1.61. The summed E-state index contributed by atoms with van der Waals surface area (Å²) in [7, 11) is 0. The minimum atomic E-state index is -0.235. The Bertz CT molecular complexity index is 642. The summed E-state index contributed by atoms with van der Waals surface area (Å²) in [6.07, 6.45) is 3.09. The van der Waals surface area contributed by atoms with Crippen LogP contribution < -0.4 is 15.4 Å². The van der Waals surface area contributed by atoms with Gasteiger partial charge in [-0.1, -0.05) is 17.7 Å². The number of nitrogens with zero attached hydrogens (tertiary/aromatic N) is 1. The third kappa shape index (κ3) is 5.78. The highest BCUT2D eigenvalue weighted by Crippen LogP contribution is 2.10. The van der Waals surface area contributed by atoms with Crippen LogP contribution in [0.4, 0.5) is 0 Å². The van der Waals surface area contributed by atoms with Gasteiger partial charge in [0, 0.05) is 25.5 Å². The quantitative estimate of drug-likeness (QED) is 0.755. The lowest BCUT2D eigenvalue weighted by atomic mass is 10.2. The summed E-state index contributed by atoms with van der Waals surface area (Å²) in [6.45, 7) is 2.60. The van der Waals surface area contributed by atoms with Crippen molar-refractivity contribution < 1.29 is 14.3 Å². The molecule has 23 heavy (non-hydrogen) atoms. The minimum absolute atomic E-state index is 0.0559. The van der Waals surface area contributed by atoms with Crippen molar-refractivity contribution in [3.63, 3.8) is 0 Å². The zero-order valence-electron chi connectivity index (χ0n) is 12.9. The summed E-state index contributed by atoms with van der Waals surface area (Å²) in [5.41, 5.74) is 1.62. The van der Waals surface area contributed by atoms with Gasteiger partial charge in [-0.2, -0.15) is 0 Å². The van der Waals surface area contributed by atoms with E-state index in [9.17, 15) is 9.59 Å². The Hall–Kier alpha value is -2.89. The molecule has 0 aliphatic carbocycles. The largest absolute Gasteiger partial charge is 0.484 e. The number of rotatable bonds is 7. The van der Waals surface area contributed by atoms with Gasteiger partial charge in [-0.25, -0.2) is 0 Å². The SMILES string of the molecule is Cc1ccc(OCC(=O)NCCNC(=O)c2cccnc2)cc1. The van der Waals surface area contributed by atoms with Gasteiger partial charge in [0.25, 0.3) is 11.8 Å². The number of pyridine rings is 1. The van der Waals surface area contributed by atoms with Crippen molar-refractivity contribution in [3.8, 4) is 5.75 Å². The van der Waals surface area contributed by atoms with Crippen molar-refractivity contribution in [2.24, 2.45) is 0 Å². The number of hydrogen-bond donors (Lipinski definition) is 2. The highest BCUT2D eigenvalue weighted by Gasteiger charge is 2.05. The Morgan fingerprint density at radius 2 is 1.83 bits per heavy atom. The van der Waals surface area contributed by atoms with Crippen molar-refractivity contribution in [3.05, 3.63) is 59.9 Å². The van der Waals surface area contributed by atoms with Gasteiger partial charge in [0.15, 0.2) is 6.61 Å². The third-order valence-electron chi connectivity index (χ3n) is 3.05. The number of hydrogen-bond acceptors (Lipinski definition) is 4. The molecule has 6 heteroatoms. The van der Waals surface area contributed by atoms with Gasteiger partial charge in [0.2, 0.25) is 0 Å². The molecule has 0 aliphatic heterocycles. The number of nitrogens with one attached hydrogen (secondary N) is 2. The maximum Gasteiger partial charge on any atom is 0.258 e. The molecule has 1 heterocycles. The van der Waals surface area contributed by atoms with Gasteiger partial charge in [0.1, 0.15) is 5.75 Å². The fraction of sp³-hybridized carbons (Fsp3) is 0.235. The molecule has 0 spiro atoms. The van der Waals surface area contributed by atoms with E-state index < -0.39 is 0 Å². The molecule has 1 aromatic carbocycles. The van der Waals surface area contributed by atoms with Crippen molar-refractivity contribution >= 4 is 11.8 Å². The van der Waals surface area contributed by atoms with E-state index in [-0.39, 0.29) is 18.4 Å². The molecule has 0 saturated heterocycles. The molecule has 1 aromatic heterocycles. The molecule has 0 radical (unpaired) electrons. The highest BCUT2D eigenvalue weighted by atomic mass is 16.5. The molecule has 2 rings (SSSR count). The van der Waals surface area contributed by atoms with Crippen LogP contribution in [0.5, 0.6) is 5.75 Å². The Kier molecular flexibility index (Phi) is 6.11. The summed E-state index contributed by atoms with van der Waals surface area (Å²) in [5, 5.41) is 5.38. The Morgan fingerprint density at radius 1 is 1.09 bits per heavy atom. The zero-order chi connectivity index (χ0) is 16.5. The van der Waals surface area contributed by atoms with Crippen molar-refractivity contribution in [1.82, 2.24) is 15.6 Å². The first-order chi connectivity index (χ1) is 11.1. The summed E-state index contributed by atoms with van der Waals surface area (Å²) >= 11 is 0. The average Bonchev–Trinajstić information content (AvgIpc) is 2.59. The van der Waals surface area contributed by atoms with E-state index in [1.165, 1.54) is 6.20 Å². The first kappa shape index (κ1) is 16.5. The van der Waals surface area contributed by atoms with Crippen LogP contribution in [0.15, 0.2) is 48.8 Å². The van der Waals surface area contributed by atoms with Gasteiger partial charge < -0.3 is 15.4 Å². The van der Waals surface area contributed by atoms with Crippen LogP contribution in [0.1, 0.15) is 15.9 Å². The summed E-state index contributed by atoms with van der Waals surface area (Å²) in [4.78, 5) is 27.3. The molecule has 6 nitrogen and oxygen atoms in total. The van der Waals surface area contributed by atoms with Crippen LogP contribution in [0.2, 0.25) is 0 Å². The molecule has 0 unspecified atom stereocenters. The average molecular weight is 313 g/mol. The molecule has 0 atom stereocenters. The fourth-order valence-electron chi connectivity index (χ4n) is 1.81.